The summed E-state index contributed by atoms with van der Waals surface area (Å²) >= 11 is 0. The Morgan fingerprint density at radius 3 is 2.38 bits per heavy atom. The van der Waals surface area contributed by atoms with Crippen molar-refractivity contribution >= 4 is 5.91 Å². The third kappa shape index (κ3) is 5.64. The molecule has 0 aliphatic heterocycles. The molecule has 0 aromatic heterocycles. The van der Waals surface area contributed by atoms with E-state index in [-0.39, 0.29) is 11.9 Å². The summed E-state index contributed by atoms with van der Waals surface area (Å²) in [5.74, 6) is 0.0998. The molecule has 0 aliphatic carbocycles. The summed E-state index contributed by atoms with van der Waals surface area (Å²) in [6, 6.07) is 0.211. The third-order valence-electron chi connectivity index (χ3n) is 2.01. The number of amides is 1. The van der Waals surface area contributed by atoms with E-state index in [1.807, 2.05) is 20.8 Å². The lowest BCUT2D eigenvalue weighted by Crippen LogP contribution is -2.45. The second-order valence-electron chi connectivity index (χ2n) is 3.48. The Balaban J connectivity index is 3.71. The molecule has 0 aliphatic rings. The molecule has 0 fully saturated rings. The van der Waals surface area contributed by atoms with Crippen molar-refractivity contribution < 1.29 is 4.79 Å². The van der Waals surface area contributed by atoms with Gasteiger partial charge in [0, 0.05) is 6.04 Å². The highest BCUT2D eigenvalue weighted by molar-refractivity contribution is 5.81. The molecule has 13 heavy (non-hydrogen) atoms. The smallest absolute Gasteiger partial charge is 0.237 e. The first-order valence-electron chi connectivity index (χ1n) is 5.15. The lowest BCUT2D eigenvalue weighted by atomic mass is 10.2. The molecule has 0 spiro atoms. The van der Waals surface area contributed by atoms with Gasteiger partial charge >= 0.3 is 0 Å². The van der Waals surface area contributed by atoms with Crippen molar-refractivity contribution in [1.82, 2.24) is 10.6 Å². The maximum Gasteiger partial charge on any atom is 0.237 e. The average Bonchev–Trinajstić information content (AvgIpc) is 2.05. The molecule has 2 atom stereocenters. The molecule has 3 heteroatoms. The second-order valence-corrected chi connectivity index (χ2v) is 3.48. The summed E-state index contributed by atoms with van der Waals surface area (Å²) in [7, 11) is 0. The van der Waals surface area contributed by atoms with E-state index >= 15 is 0 Å². The van der Waals surface area contributed by atoms with Crippen LogP contribution in [0.25, 0.3) is 0 Å². The minimum absolute atomic E-state index is 0.0793. The number of rotatable bonds is 6. The highest BCUT2D eigenvalue weighted by atomic mass is 16.2. The molecule has 78 valence electrons. The van der Waals surface area contributed by atoms with E-state index in [9.17, 15) is 4.79 Å². The van der Waals surface area contributed by atoms with Crippen LogP contribution in [-0.4, -0.2) is 24.5 Å². The molecule has 0 radical (unpaired) electrons. The molecule has 0 saturated carbocycles. The van der Waals surface area contributed by atoms with Crippen molar-refractivity contribution in [2.45, 2.75) is 52.6 Å². The molecule has 0 saturated heterocycles. The van der Waals surface area contributed by atoms with Gasteiger partial charge in [0.05, 0.1) is 6.04 Å². The standard InChI is InChI=1S/C10H22N2O/c1-5-7-8(3)12-10(13)9(4)11-6-2/h8-9,11H,5-7H2,1-4H3,(H,12,13). The quantitative estimate of drug-likeness (QED) is 0.656. The van der Waals surface area contributed by atoms with Crippen LogP contribution < -0.4 is 10.6 Å². The van der Waals surface area contributed by atoms with Crippen LogP contribution in [0.1, 0.15) is 40.5 Å². The largest absolute Gasteiger partial charge is 0.352 e. The van der Waals surface area contributed by atoms with Gasteiger partial charge in [-0.15, -0.1) is 0 Å². The minimum Gasteiger partial charge on any atom is -0.352 e. The van der Waals surface area contributed by atoms with Crippen LogP contribution in [0.5, 0.6) is 0 Å². The molecule has 1 amide bonds. The summed E-state index contributed by atoms with van der Waals surface area (Å²) in [6.07, 6.45) is 2.15. The molecule has 0 bridgehead atoms. The van der Waals surface area contributed by atoms with Gasteiger partial charge < -0.3 is 10.6 Å². The molecule has 2 unspecified atom stereocenters. The van der Waals surface area contributed by atoms with E-state index in [0.717, 1.165) is 19.4 Å². The number of nitrogens with one attached hydrogen (secondary N) is 2. The maximum atomic E-state index is 11.4. The fourth-order valence-corrected chi connectivity index (χ4v) is 1.27. The van der Waals surface area contributed by atoms with Crippen LogP contribution in [0.4, 0.5) is 0 Å². The van der Waals surface area contributed by atoms with E-state index < -0.39 is 0 Å². The Hall–Kier alpha value is -0.570. The van der Waals surface area contributed by atoms with Crippen molar-refractivity contribution in [2.75, 3.05) is 6.54 Å². The first-order valence-corrected chi connectivity index (χ1v) is 5.15. The van der Waals surface area contributed by atoms with Gasteiger partial charge in [-0.3, -0.25) is 4.79 Å². The third-order valence-corrected chi connectivity index (χ3v) is 2.01. The predicted molar refractivity (Wildman–Crippen MR) is 55.7 cm³/mol. The van der Waals surface area contributed by atoms with Crippen LogP contribution in [0.3, 0.4) is 0 Å². The molecular formula is C10H22N2O. The van der Waals surface area contributed by atoms with Crippen molar-refractivity contribution in [3.05, 3.63) is 0 Å². The Kier molecular flexibility index (Phi) is 6.59. The number of likely N-dealkylation sites (N-methyl/N-ethyl adjacent to an activating group) is 1. The fourth-order valence-electron chi connectivity index (χ4n) is 1.27. The fraction of sp³-hybridized carbons (Fsp3) is 0.900. The van der Waals surface area contributed by atoms with Crippen molar-refractivity contribution in [3.8, 4) is 0 Å². The van der Waals surface area contributed by atoms with Gasteiger partial charge in [0.15, 0.2) is 0 Å². The second kappa shape index (κ2) is 6.89. The first-order chi connectivity index (χ1) is 6.11. The number of hydrogen-bond donors (Lipinski definition) is 2. The van der Waals surface area contributed by atoms with Crippen LogP contribution in [0.2, 0.25) is 0 Å². The van der Waals surface area contributed by atoms with Crippen molar-refractivity contribution in [2.24, 2.45) is 0 Å². The number of carbonyl (C=O) groups is 1. The van der Waals surface area contributed by atoms with Crippen LogP contribution >= 0.6 is 0 Å². The normalized spacial score (nSPS) is 15.1. The highest BCUT2D eigenvalue weighted by Gasteiger charge is 2.12. The predicted octanol–water partition coefficient (Wildman–Crippen LogP) is 1.29. The SMILES string of the molecule is CCCC(C)NC(=O)C(C)NCC. The lowest BCUT2D eigenvalue weighted by molar-refractivity contribution is -0.123. The molecule has 2 N–H and O–H groups in total. The Morgan fingerprint density at radius 1 is 1.31 bits per heavy atom. The molecule has 0 heterocycles. The van der Waals surface area contributed by atoms with Gasteiger partial charge in [-0.1, -0.05) is 20.3 Å². The highest BCUT2D eigenvalue weighted by Crippen LogP contribution is 1.95. The summed E-state index contributed by atoms with van der Waals surface area (Å²) in [6.45, 7) is 8.88. The lowest BCUT2D eigenvalue weighted by Gasteiger charge is -2.17. The topological polar surface area (TPSA) is 41.1 Å². The molecule has 0 aromatic carbocycles. The molecule has 0 aromatic rings. The number of carbonyl (C=O) groups excluding carboxylic acids is 1. The van der Waals surface area contributed by atoms with E-state index in [2.05, 4.69) is 17.6 Å². The first kappa shape index (κ1) is 12.4. The molecule has 0 rings (SSSR count). The summed E-state index contributed by atoms with van der Waals surface area (Å²) in [5, 5.41) is 6.04. The van der Waals surface area contributed by atoms with Crippen LogP contribution in [-0.2, 0) is 4.79 Å². The zero-order valence-electron chi connectivity index (χ0n) is 9.18. The van der Waals surface area contributed by atoms with E-state index in [1.165, 1.54) is 0 Å². The van der Waals surface area contributed by atoms with Gasteiger partial charge in [0.2, 0.25) is 5.91 Å². The van der Waals surface area contributed by atoms with E-state index in [1.54, 1.807) is 0 Å². The zero-order chi connectivity index (χ0) is 10.3. The molecular weight excluding hydrogens is 164 g/mol. The summed E-state index contributed by atoms with van der Waals surface area (Å²) in [4.78, 5) is 11.4. The Labute approximate surface area is 81.3 Å². The molecule has 3 nitrogen and oxygen atoms in total. The van der Waals surface area contributed by atoms with Gasteiger partial charge in [-0.25, -0.2) is 0 Å². The summed E-state index contributed by atoms with van der Waals surface area (Å²) in [5.41, 5.74) is 0. The van der Waals surface area contributed by atoms with Crippen LogP contribution in [0.15, 0.2) is 0 Å². The maximum absolute atomic E-state index is 11.4. The number of hydrogen-bond acceptors (Lipinski definition) is 2. The average molecular weight is 186 g/mol. The Morgan fingerprint density at radius 2 is 1.92 bits per heavy atom. The van der Waals surface area contributed by atoms with E-state index in [0.29, 0.717) is 6.04 Å². The van der Waals surface area contributed by atoms with Gasteiger partial charge in [-0.05, 0) is 26.8 Å². The van der Waals surface area contributed by atoms with E-state index in [4.69, 9.17) is 0 Å². The van der Waals surface area contributed by atoms with Gasteiger partial charge in [0.25, 0.3) is 0 Å². The van der Waals surface area contributed by atoms with Gasteiger partial charge in [-0.2, -0.15) is 0 Å². The Bertz CT molecular complexity index is 148. The monoisotopic (exact) mass is 186 g/mol. The zero-order valence-corrected chi connectivity index (χ0v) is 9.18. The van der Waals surface area contributed by atoms with Gasteiger partial charge in [0.1, 0.15) is 0 Å². The van der Waals surface area contributed by atoms with Crippen LogP contribution in [0, 0.1) is 0 Å². The minimum atomic E-state index is -0.0793. The summed E-state index contributed by atoms with van der Waals surface area (Å²) < 4.78 is 0. The van der Waals surface area contributed by atoms with Crippen molar-refractivity contribution in [3.63, 3.8) is 0 Å². The van der Waals surface area contributed by atoms with Crippen molar-refractivity contribution in [1.29, 1.82) is 0 Å².